The highest BCUT2D eigenvalue weighted by atomic mass is 19.1. The van der Waals surface area contributed by atoms with Gasteiger partial charge >= 0.3 is 0 Å². The maximum atomic E-state index is 13.6. The Morgan fingerprint density at radius 2 is 2.17 bits per heavy atom. The van der Waals surface area contributed by atoms with Gasteiger partial charge in [0.1, 0.15) is 12.2 Å². The van der Waals surface area contributed by atoms with E-state index in [2.05, 4.69) is 40.3 Å². The second-order valence-electron chi connectivity index (χ2n) is 8.09. The molecule has 2 saturated heterocycles. The number of carbonyl (C=O) groups is 1. The van der Waals surface area contributed by atoms with Crippen molar-refractivity contribution in [3.05, 3.63) is 36.0 Å². The minimum atomic E-state index is -1.08. The first kappa shape index (κ1) is 19.6. The van der Waals surface area contributed by atoms with E-state index >= 15 is 0 Å². The molecule has 1 aromatic heterocycles. The first-order valence-electron chi connectivity index (χ1n) is 10.2. The van der Waals surface area contributed by atoms with E-state index in [4.69, 9.17) is 5.26 Å². The van der Waals surface area contributed by atoms with Crippen molar-refractivity contribution in [1.29, 1.82) is 5.26 Å². The second-order valence-corrected chi connectivity index (χ2v) is 8.09. The number of rotatable bonds is 4. The predicted octanol–water partition coefficient (Wildman–Crippen LogP) is 2.88. The Balaban J connectivity index is 1.31. The van der Waals surface area contributed by atoms with E-state index in [1.165, 1.54) is 4.90 Å². The summed E-state index contributed by atoms with van der Waals surface area (Å²) in [6.07, 6.45) is 2.73. The minimum Gasteiger partial charge on any atom is -0.382 e. The van der Waals surface area contributed by atoms with Gasteiger partial charge in [-0.1, -0.05) is 6.07 Å². The van der Waals surface area contributed by atoms with Gasteiger partial charge in [0, 0.05) is 42.8 Å². The third kappa shape index (κ3) is 4.33. The van der Waals surface area contributed by atoms with Crippen LogP contribution < -0.4 is 5.32 Å². The summed E-state index contributed by atoms with van der Waals surface area (Å²) in [6.45, 7) is 4.00. The van der Waals surface area contributed by atoms with Crippen LogP contribution in [-0.2, 0) is 4.79 Å². The van der Waals surface area contributed by atoms with Crippen molar-refractivity contribution >= 4 is 22.5 Å². The van der Waals surface area contributed by atoms with Gasteiger partial charge in [-0.15, -0.1) is 0 Å². The molecule has 1 unspecified atom stereocenters. The lowest BCUT2D eigenvalue weighted by atomic mass is 10.0. The molecule has 2 fully saturated rings. The number of anilines is 1. The number of piperidine rings is 1. The van der Waals surface area contributed by atoms with Gasteiger partial charge in [0.15, 0.2) is 0 Å². The van der Waals surface area contributed by atoms with E-state index in [0.29, 0.717) is 6.04 Å². The molecular weight excluding hydrogens is 369 g/mol. The number of benzene rings is 1. The third-order valence-corrected chi connectivity index (χ3v) is 5.93. The summed E-state index contributed by atoms with van der Waals surface area (Å²) in [5.74, 6) is -0.138. The number of aromatic nitrogens is 1. The molecule has 3 heterocycles. The van der Waals surface area contributed by atoms with Crippen LogP contribution in [0.2, 0.25) is 0 Å². The Morgan fingerprint density at radius 1 is 1.38 bits per heavy atom. The maximum Gasteiger partial charge on any atom is 0.237 e. The summed E-state index contributed by atoms with van der Waals surface area (Å²) in [4.78, 5) is 20.5. The fraction of sp³-hybridized carbons (Fsp3) is 0.500. The molecule has 29 heavy (non-hydrogen) atoms. The summed E-state index contributed by atoms with van der Waals surface area (Å²) in [5, 5.41) is 13.9. The number of nitrogens with one attached hydrogen (secondary N) is 1. The van der Waals surface area contributed by atoms with E-state index in [9.17, 15) is 9.18 Å². The van der Waals surface area contributed by atoms with Crippen LogP contribution in [0.4, 0.5) is 10.1 Å². The molecule has 2 aromatic rings. The van der Waals surface area contributed by atoms with E-state index in [1.807, 2.05) is 18.3 Å². The van der Waals surface area contributed by atoms with Crippen LogP contribution in [0.25, 0.3) is 10.9 Å². The summed E-state index contributed by atoms with van der Waals surface area (Å²) >= 11 is 0. The Kier molecular flexibility index (Phi) is 5.63. The molecule has 0 bridgehead atoms. The first-order chi connectivity index (χ1) is 14.0. The Labute approximate surface area is 170 Å². The van der Waals surface area contributed by atoms with Crippen LogP contribution in [0.5, 0.6) is 0 Å². The number of halogens is 1. The van der Waals surface area contributed by atoms with Gasteiger partial charge in [-0.2, -0.15) is 5.26 Å². The number of likely N-dealkylation sites (tertiary alicyclic amines) is 2. The number of pyridine rings is 1. The van der Waals surface area contributed by atoms with Crippen LogP contribution in [0.1, 0.15) is 24.8 Å². The number of amides is 1. The third-order valence-electron chi connectivity index (χ3n) is 5.93. The van der Waals surface area contributed by atoms with Gasteiger partial charge in [0.05, 0.1) is 24.7 Å². The summed E-state index contributed by atoms with van der Waals surface area (Å²) < 4.78 is 13.6. The zero-order valence-corrected chi connectivity index (χ0v) is 16.6. The van der Waals surface area contributed by atoms with E-state index in [-0.39, 0.29) is 25.4 Å². The van der Waals surface area contributed by atoms with Crippen molar-refractivity contribution in [1.82, 2.24) is 14.8 Å². The highest BCUT2D eigenvalue weighted by Gasteiger charge is 2.36. The van der Waals surface area contributed by atoms with Crippen LogP contribution in [0.15, 0.2) is 30.5 Å². The molecule has 1 N–H and O–H groups in total. The number of fused-ring (bicyclic) bond motifs is 1. The predicted molar refractivity (Wildman–Crippen MR) is 110 cm³/mol. The van der Waals surface area contributed by atoms with Gasteiger partial charge in [-0.3, -0.25) is 14.7 Å². The summed E-state index contributed by atoms with van der Waals surface area (Å²) in [7, 11) is 0. The normalized spacial score (nSPS) is 23.3. The Morgan fingerprint density at radius 3 is 2.93 bits per heavy atom. The van der Waals surface area contributed by atoms with Crippen molar-refractivity contribution in [3.63, 3.8) is 0 Å². The molecule has 152 valence electrons. The summed E-state index contributed by atoms with van der Waals surface area (Å²) in [6, 6.07) is 10.1. The van der Waals surface area contributed by atoms with Crippen LogP contribution in [0.3, 0.4) is 0 Å². The van der Waals surface area contributed by atoms with E-state index in [1.54, 1.807) is 0 Å². The molecule has 6 nitrogen and oxygen atoms in total. The molecule has 0 aliphatic carbocycles. The van der Waals surface area contributed by atoms with Gasteiger partial charge in [-0.25, -0.2) is 4.39 Å². The number of nitrogens with zero attached hydrogens (tertiary/aromatic N) is 4. The molecule has 1 amide bonds. The first-order valence-corrected chi connectivity index (χ1v) is 10.2. The number of hydrogen-bond acceptors (Lipinski definition) is 5. The number of nitriles is 1. The Bertz CT molecular complexity index is 934. The number of hydrogen-bond donors (Lipinski definition) is 1. The molecule has 0 saturated carbocycles. The number of alkyl halides is 1. The van der Waals surface area contributed by atoms with Crippen LogP contribution >= 0.6 is 0 Å². The summed E-state index contributed by atoms with van der Waals surface area (Å²) in [5.41, 5.74) is 3.28. The zero-order chi connectivity index (χ0) is 20.4. The fourth-order valence-corrected chi connectivity index (χ4v) is 4.39. The van der Waals surface area contributed by atoms with Crippen molar-refractivity contribution in [2.45, 2.75) is 44.4 Å². The molecule has 1 aromatic carbocycles. The van der Waals surface area contributed by atoms with Crippen LogP contribution in [0, 0.1) is 18.3 Å². The van der Waals surface area contributed by atoms with Crippen molar-refractivity contribution in [2.75, 3.05) is 31.5 Å². The quantitative estimate of drug-likeness (QED) is 0.862. The average molecular weight is 395 g/mol. The molecule has 0 radical (unpaired) electrons. The van der Waals surface area contributed by atoms with Gasteiger partial charge in [0.2, 0.25) is 5.91 Å². The fourth-order valence-electron chi connectivity index (χ4n) is 4.39. The lowest BCUT2D eigenvalue weighted by Gasteiger charge is -2.33. The molecule has 2 aliphatic rings. The topological polar surface area (TPSA) is 72.3 Å². The lowest BCUT2D eigenvalue weighted by Crippen LogP contribution is -2.46. The highest BCUT2D eigenvalue weighted by Crippen LogP contribution is 2.24. The molecule has 0 spiro atoms. The molecule has 4 rings (SSSR count). The average Bonchev–Trinajstić information content (AvgIpc) is 3.10. The van der Waals surface area contributed by atoms with Gasteiger partial charge in [-0.05, 0) is 43.5 Å². The SMILES string of the molecule is Cc1cc(NC2CCN(CC(=O)N3C[C@@H](F)CC3C#N)CC2)cc2cccnc12. The molecule has 2 aliphatic heterocycles. The van der Waals surface area contributed by atoms with E-state index in [0.717, 1.165) is 48.1 Å². The number of aryl methyl sites for hydroxylation is 1. The number of carbonyl (C=O) groups excluding carboxylic acids is 1. The van der Waals surface area contributed by atoms with Crippen molar-refractivity contribution < 1.29 is 9.18 Å². The smallest absolute Gasteiger partial charge is 0.237 e. The van der Waals surface area contributed by atoms with Crippen molar-refractivity contribution in [3.8, 4) is 6.07 Å². The zero-order valence-electron chi connectivity index (χ0n) is 16.6. The monoisotopic (exact) mass is 395 g/mol. The van der Waals surface area contributed by atoms with Gasteiger partial charge < -0.3 is 10.2 Å². The molecular formula is C22H26FN5O. The molecule has 2 atom stereocenters. The largest absolute Gasteiger partial charge is 0.382 e. The van der Waals surface area contributed by atoms with E-state index < -0.39 is 12.2 Å². The maximum absolute atomic E-state index is 13.6. The lowest BCUT2D eigenvalue weighted by molar-refractivity contribution is -0.132. The van der Waals surface area contributed by atoms with Crippen molar-refractivity contribution in [2.24, 2.45) is 0 Å². The minimum absolute atomic E-state index is 0.0469. The van der Waals surface area contributed by atoms with Crippen LogP contribution in [-0.4, -0.2) is 65.1 Å². The highest BCUT2D eigenvalue weighted by molar-refractivity contribution is 5.85. The van der Waals surface area contributed by atoms with Gasteiger partial charge in [0.25, 0.3) is 0 Å². The standard InChI is InChI=1S/C22H26FN5O/c1-15-9-19(10-16-3-2-6-25-22(15)16)26-18-4-7-27(8-5-18)14-21(29)28-13-17(23)11-20(28)12-24/h2-3,6,9-10,17-18,20,26H,4-5,7-8,11,13-14H2,1H3/t17-,20?/m0/s1. The molecule has 7 heteroatoms. The Hall–Kier alpha value is -2.72. The second kappa shape index (κ2) is 8.34.